The van der Waals surface area contributed by atoms with Crippen molar-refractivity contribution in [2.24, 2.45) is 0 Å². The Morgan fingerprint density at radius 2 is 1.57 bits per heavy atom. The summed E-state index contributed by atoms with van der Waals surface area (Å²) in [7, 11) is 0. The van der Waals surface area contributed by atoms with E-state index in [2.05, 4.69) is 45.0 Å². The molecule has 0 fully saturated rings. The van der Waals surface area contributed by atoms with Crippen molar-refractivity contribution in [2.45, 2.75) is 18.9 Å². The summed E-state index contributed by atoms with van der Waals surface area (Å²) in [5, 5.41) is 13.0. The maximum atomic E-state index is 12.2. The molecule has 0 aliphatic heterocycles. The maximum absolute atomic E-state index is 12.2. The number of H-pyrrole nitrogens is 1. The lowest BCUT2D eigenvalue weighted by molar-refractivity contribution is 0.0932. The molecule has 0 unspecified atom stereocenters. The zero-order chi connectivity index (χ0) is 16.1. The predicted octanol–water partition coefficient (Wildman–Crippen LogP) is 2.76. The lowest BCUT2D eigenvalue weighted by Crippen LogP contribution is -2.37. The zero-order valence-corrected chi connectivity index (χ0v) is 12.8. The van der Waals surface area contributed by atoms with E-state index in [4.69, 9.17) is 0 Å². The molecule has 0 saturated heterocycles. The smallest absolute Gasteiger partial charge is 0.273 e. The van der Waals surface area contributed by atoms with E-state index in [1.165, 1.54) is 6.20 Å². The SMILES string of the molecule is C[C@H](NC(=O)c1cn[nH]n1)C(c1ccccc1)c1ccccc1. The molecule has 5 nitrogen and oxygen atoms in total. The number of carbonyl (C=O) groups excluding carboxylic acids is 1. The van der Waals surface area contributed by atoms with Crippen LogP contribution in [0.2, 0.25) is 0 Å². The van der Waals surface area contributed by atoms with E-state index in [-0.39, 0.29) is 23.6 Å². The summed E-state index contributed by atoms with van der Waals surface area (Å²) < 4.78 is 0. The Kier molecular flexibility index (Phi) is 4.47. The average molecular weight is 306 g/mol. The van der Waals surface area contributed by atoms with Gasteiger partial charge in [0.15, 0.2) is 5.69 Å². The van der Waals surface area contributed by atoms with Crippen LogP contribution in [-0.2, 0) is 0 Å². The van der Waals surface area contributed by atoms with E-state index in [1.54, 1.807) is 0 Å². The normalized spacial score (nSPS) is 12.1. The zero-order valence-electron chi connectivity index (χ0n) is 12.8. The van der Waals surface area contributed by atoms with Crippen LogP contribution in [0.5, 0.6) is 0 Å². The molecule has 2 N–H and O–H groups in total. The summed E-state index contributed by atoms with van der Waals surface area (Å²) in [6.07, 6.45) is 1.42. The minimum Gasteiger partial charge on any atom is -0.347 e. The first-order chi connectivity index (χ1) is 11.3. The Morgan fingerprint density at radius 1 is 1.00 bits per heavy atom. The second-order valence-corrected chi connectivity index (χ2v) is 5.42. The van der Waals surface area contributed by atoms with Crippen LogP contribution >= 0.6 is 0 Å². The van der Waals surface area contributed by atoms with E-state index in [1.807, 2.05) is 43.3 Å². The Labute approximate surface area is 134 Å². The summed E-state index contributed by atoms with van der Waals surface area (Å²) in [5.41, 5.74) is 2.61. The van der Waals surface area contributed by atoms with Gasteiger partial charge in [0.1, 0.15) is 0 Å². The largest absolute Gasteiger partial charge is 0.347 e. The summed E-state index contributed by atoms with van der Waals surface area (Å²) in [6, 6.07) is 20.3. The fraction of sp³-hybridized carbons (Fsp3) is 0.167. The number of aromatic nitrogens is 3. The lowest BCUT2D eigenvalue weighted by atomic mass is 9.86. The topological polar surface area (TPSA) is 70.7 Å². The minimum atomic E-state index is -0.233. The highest BCUT2D eigenvalue weighted by atomic mass is 16.2. The molecule has 1 heterocycles. The fourth-order valence-corrected chi connectivity index (χ4v) is 2.77. The molecule has 2 aromatic carbocycles. The maximum Gasteiger partial charge on any atom is 0.273 e. The molecule has 5 heteroatoms. The molecule has 0 bridgehead atoms. The van der Waals surface area contributed by atoms with Gasteiger partial charge < -0.3 is 5.32 Å². The number of amides is 1. The second-order valence-electron chi connectivity index (χ2n) is 5.42. The van der Waals surface area contributed by atoms with E-state index in [0.29, 0.717) is 0 Å². The van der Waals surface area contributed by atoms with Crippen molar-refractivity contribution in [3.05, 3.63) is 83.7 Å². The van der Waals surface area contributed by atoms with Crippen LogP contribution in [-0.4, -0.2) is 27.4 Å². The number of nitrogens with one attached hydrogen (secondary N) is 2. The number of aromatic amines is 1. The van der Waals surface area contributed by atoms with E-state index >= 15 is 0 Å². The van der Waals surface area contributed by atoms with Crippen LogP contribution in [0, 0.1) is 0 Å². The highest BCUT2D eigenvalue weighted by Gasteiger charge is 2.23. The first-order valence-corrected chi connectivity index (χ1v) is 7.52. The van der Waals surface area contributed by atoms with Gasteiger partial charge in [-0.25, -0.2) is 0 Å². The van der Waals surface area contributed by atoms with Crippen molar-refractivity contribution >= 4 is 5.91 Å². The molecule has 1 aromatic heterocycles. The molecule has 0 aliphatic carbocycles. The van der Waals surface area contributed by atoms with Crippen LogP contribution in [0.15, 0.2) is 66.9 Å². The van der Waals surface area contributed by atoms with Crippen molar-refractivity contribution in [3.8, 4) is 0 Å². The van der Waals surface area contributed by atoms with Crippen LogP contribution in [0.3, 0.4) is 0 Å². The van der Waals surface area contributed by atoms with Crippen molar-refractivity contribution in [1.29, 1.82) is 0 Å². The van der Waals surface area contributed by atoms with Crippen LogP contribution in [0.1, 0.15) is 34.5 Å². The molecule has 1 atom stereocenters. The summed E-state index contributed by atoms with van der Waals surface area (Å²) in [5.74, 6) is -0.170. The number of hydrogen-bond acceptors (Lipinski definition) is 3. The summed E-state index contributed by atoms with van der Waals surface area (Å²) in [4.78, 5) is 12.2. The monoisotopic (exact) mass is 306 g/mol. The third-order valence-electron chi connectivity index (χ3n) is 3.82. The molecule has 0 spiro atoms. The molecule has 3 rings (SSSR count). The van der Waals surface area contributed by atoms with Gasteiger partial charge in [0.05, 0.1) is 6.20 Å². The Morgan fingerprint density at radius 3 is 2.04 bits per heavy atom. The van der Waals surface area contributed by atoms with Gasteiger partial charge >= 0.3 is 0 Å². The summed E-state index contributed by atoms with van der Waals surface area (Å²) in [6.45, 7) is 2.00. The molecule has 0 saturated carbocycles. The van der Waals surface area contributed by atoms with Crippen molar-refractivity contribution in [2.75, 3.05) is 0 Å². The highest BCUT2D eigenvalue weighted by Crippen LogP contribution is 2.28. The molecular formula is C18H18N4O. The quantitative estimate of drug-likeness (QED) is 0.761. The van der Waals surface area contributed by atoms with Gasteiger partial charge in [-0.05, 0) is 18.1 Å². The fourth-order valence-electron chi connectivity index (χ4n) is 2.77. The van der Waals surface area contributed by atoms with Gasteiger partial charge in [0, 0.05) is 12.0 Å². The van der Waals surface area contributed by atoms with Crippen LogP contribution < -0.4 is 5.32 Å². The molecular weight excluding hydrogens is 288 g/mol. The molecule has 0 radical (unpaired) electrons. The minimum absolute atomic E-state index is 0.0632. The number of benzene rings is 2. The predicted molar refractivity (Wildman–Crippen MR) is 88.0 cm³/mol. The first kappa shape index (κ1) is 15.0. The van der Waals surface area contributed by atoms with Crippen LogP contribution in [0.4, 0.5) is 0 Å². The number of rotatable bonds is 5. The lowest BCUT2D eigenvalue weighted by Gasteiger charge is -2.25. The third-order valence-corrected chi connectivity index (χ3v) is 3.82. The Hall–Kier alpha value is -2.95. The second kappa shape index (κ2) is 6.87. The van der Waals surface area contributed by atoms with Gasteiger partial charge in [-0.1, -0.05) is 60.7 Å². The number of carbonyl (C=O) groups is 1. The Balaban J connectivity index is 1.88. The molecule has 116 valence electrons. The van der Waals surface area contributed by atoms with Crippen molar-refractivity contribution in [1.82, 2.24) is 20.7 Å². The van der Waals surface area contributed by atoms with E-state index in [0.717, 1.165) is 11.1 Å². The summed E-state index contributed by atoms with van der Waals surface area (Å²) >= 11 is 0. The molecule has 3 aromatic rings. The number of hydrogen-bond donors (Lipinski definition) is 2. The van der Waals surface area contributed by atoms with E-state index in [9.17, 15) is 4.79 Å². The average Bonchev–Trinajstić information content (AvgIpc) is 3.12. The Bertz CT molecular complexity index is 702. The van der Waals surface area contributed by atoms with Gasteiger partial charge in [-0.15, -0.1) is 0 Å². The van der Waals surface area contributed by atoms with Gasteiger partial charge in [0.2, 0.25) is 0 Å². The third kappa shape index (κ3) is 3.45. The first-order valence-electron chi connectivity index (χ1n) is 7.52. The van der Waals surface area contributed by atoms with Crippen LogP contribution in [0.25, 0.3) is 0 Å². The van der Waals surface area contributed by atoms with Gasteiger partial charge in [0.25, 0.3) is 5.91 Å². The molecule has 0 aliphatic rings. The highest BCUT2D eigenvalue weighted by molar-refractivity contribution is 5.92. The van der Waals surface area contributed by atoms with Crippen molar-refractivity contribution in [3.63, 3.8) is 0 Å². The van der Waals surface area contributed by atoms with E-state index < -0.39 is 0 Å². The van der Waals surface area contributed by atoms with Gasteiger partial charge in [-0.3, -0.25) is 4.79 Å². The van der Waals surface area contributed by atoms with Gasteiger partial charge in [-0.2, -0.15) is 15.4 Å². The molecule has 23 heavy (non-hydrogen) atoms. The van der Waals surface area contributed by atoms with Crippen molar-refractivity contribution < 1.29 is 4.79 Å². The molecule has 1 amide bonds. The number of nitrogens with zero attached hydrogens (tertiary/aromatic N) is 2. The standard InChI is InChI=1S/C18H18N4O/c1-13(20-18(23)16-12-19-22-21-16)17(14-8-4-2-5-9-14)15-10-6-3-7-11-15/h2-13,17H,1H3,(H,20,23)(H,19,21,22)/t13-/m0/s1.